The highest BCUT2D eigenvalue weighted by atomic mass is 32.2. The summed E-state index contributed by atoms with van der Waals surface area (Å²) in [7, 11) is -1.15. The SMILES string of the molecule is CN(CC(=O)Nc1cccc(-n2cccc2)c1)[C@@H]1CCS(=O)(=O)C1. The Morgan fingerprint density at radius 2 is 2.04 bits per heavy atom. The maximum atomic E-state index is 12.2. The van der Waals surface area contributed by atoms with Crippen LogP contribution in [0.1, 0.15) is 6.42 Å². The molecule has 24 heavy (non-hydrogen) atoms. The Morgan fingerprint density at radius 3 is 2.71 bits per heavy atom. The number of likely N-dealkylation sites (N-methyl/N-ethyl adjacent to an activating group) is 1. The second-order valence-electron chi connectivity index (χ2n) is 6.16. The minimum Gasteiger partial charge on any atom is -0.325 e. The summed E-state index contributed by atoms with van der Waals surface area (Å²) in [4.78, 5) is 14.0. The first-order valence-corrected chi connectivity index (χ1v) is 9.69. The van der Waals surface area contributed by atoms with E-state index in [4.69, 9.17) is 0 Å². The second-order valence-corrected chi connectivity index (χ2v) is 8.39. The lowest BCUT2D eigenvalue weighted by molar-refractivity contribution is -0.117. The fourth-order valence-corrected chi connectivity index (χ4v) is 4.74. The van der Waals surface area contributed by atoms with E-state index in [1.54, 1.807) is 7.05 Å². The molecule has 0 bridgehead atoms. The third-order valence-electron chi connectivity index (χ3n) is 4.26. The molecule has 1 amide bonds. The average Bonchev–Trinajstić information content (AvgIpc) is 3.16. The number of aromatic nitrogens is 1. The van der Waals surface area contributed by atoms with Gasteiger partial charge in [0.1, 0.15) is 0 Å². The Hall–Kier alpha value is -2.12. The lowest BCUT2D eigenvalue weighted by atomic mass is 10.2. The van der Waals surface area contributed by atoms with Crippen molar-refractivity contribution in [1.29, 1.82) is 0 Å². The van der Waals surface area contributed by atoms with E-state index in [9.17, 15) is 13.2 Å². The van der Waals surface area contributed by atoms with Gasteiger partial charge in [-0.05, 0) is 43.8 Å². The number of amides is 1. The number of anilines is 1. The molecule has 6 nitrogen and oxygen atoms in total. The molecule has 2 heterocycles. The Morgan fingerprint density at radius 1 is 1.29 bits per heavy atom. The highest BCUT2D eigenvalue weighted by Crippen LogP contribution is 2.17. The summed E-state index contributed by atoms with van der Waals surface area (Å²) < 4.78 is 25.0. The molecule has 1 fully saturated rings. The summed E-state index contributed by atoms with van der Waals surface area (Å²) in [6.07, 6.45) is 4.47. The number of rotatable bonds is 5. The van der Waals surface area contributed by atoms with Crippen molar-refractivity contribution >= 4 is 21.4 Å². The van der Waals surface area contributed by atoms with Crippen LogP contribution in [0, 0.1) is 0 Å². The van der Waals surface area contributed by atoms with Gasteiger partial charge in [0.15, 0.2) is 9.84 Å². The highest BCUT2D eigenvalue weighted by molar-refractivity contribution is 7.91. The summed E-state index contributed by atoms with van der Waals surface area (Å²) >= 11 is 0. The van der Waals surface area contributed by atoms with E-state index in [0.29, 0.717) is 6.42 Å². The van der Waals surface area contributed by atoms with Gasteiger partial charge < -0.3 is 9.88 Å². The fraction of sp³-hybridized carbons (Fsp3) is 0.353. The normalized spacial score (nSPS) is 19.5. The van der Waals surface area contributed by atoms with Crippen LogP contribution in [-0.4, -0.2) is 54.9 Å². The molecule has 2 aromatic rings. The molecule has 1 N–H and O–H groups in total. The van der Waals surface area contributed by atoms with Crippen LogP contribution in [0.2, 0.25) is 0 Å². The zero-order chi connectivity index (χ0) is 17.2. The van der Waals surface area contributed by atoms with Crippen molar-refractivity contribution in [2.45, 2.75) is 12.5 Å². The van der Waals surface area contributed by atoms with Crippen LogP contribution in [0.3, 0.4) is 0 Å². The van der Waals surface area contributed by atoms with Gasteiger partial charge in [0.05, 0.1) is 18.1 Å². The monoisotopic (exact) mass is 347 g/mol. The van der Waals surface area contributed by atoms with Gasteiger partial charge in [-0.15, -0.1) is 0 Å². The summed E-state index contributed by atoms with van der Waals surface area (Å²) in [6.45, 7) is 0.175. The van der Waals surface area contributed by atoms with E-state index >= 15 is 0 Å². The molecule has 1 atom stereocenters. The summed E-state index contributed by atoms with van der Waals surface area (Å²) in [5.74, 6) is 0.203. The first kappa shape index (κ1) is 16.7. The maximum absolute atomic E-state index is 12.2. The zero-order valence-electron chi connectivity index (χ0n) is 13.6. The van der Waals surface area contributed by atoms with Gasteiger partial charge in [0, 0.05) is 29.8 Å². The van der Waals surface area contributed by atoms with Crippen LogP contribution in [0.4, 0.5) is 5.69 Å². The number of carbonyl (C=O) groups excluding carboxylic acids is 1. The quantitative estimate of drug-likeness (QED) is 0.890. The van der Waals surface area contributed by atoms with Crippen molar-refractivity contribution in [3.63, 3.8) is 0 Å². The molecule has 1 saturated heterocycles. The Bertz CT molecular complexity index is 815. The van der Waals surface area contributed by atoms with Crippen molar-refractivity contribution in [3.8, 4) is 5.69 Å². The fourth-order valence-electron chi connectivity index (χ4n) is 2.93. The van der Waals surface area contributed by atoms with Gasteiger partial charge in [-0.3, -0.25) is 9.69 Å². The molecule has 0 radical (unpaired) electrons. The molecule has 7 heteroatoms. The van der Waals surface area contributed by atoms with E-state index < -0.39 is 9.84 Å². The van der Waals surface area contributed by atoms with Crippen molar-refractivity contribution in [1.82, 2.24) is 9.47 Å². The number of nitrogens with zero attached hydrogens (tertiary/aromatic N) is 2. The van der Waals surface area contributed by atoms with E-state index in [1.807, 2.05) is 58.3 Å². The van der Waals surface area contributed by atoms with Crippen LogP contribution in [0.15, 0.2) is 48.8 Å². The summed E-state index contributed by atoms with van der Waals surface area (Å²) in [5, 5.41) is 2.88. The van der Waals surface area contributed by atoms with Crippen molar-refractivity contribution in [3.05, 3.63) is 48.8 Å². The third kappa shape index (κ3) is 4.04. The lowest BCUT2D eigenvalue weighted by Gasteiger charge is -2.22. The zero-order valence-corrected chi connectivity index (χ0v) is 14.4. The molecule has 128 valence electrons. The standard InChI is InChI=1S/C17H21N3O3S/c1-19(16-7-10-24(22,23)13-16)12-17(21)18-14-5-4-6-15(11-14)20-8-2-3-9-20/h2-6,8-9,11,16H,7,10,12-13H2,1H3,(H,18,21)/t16-/m1/s1. The van der Waals surface area contributed by atoms with Crippen LogP contribution < -0.4 is 5.32 Å². The molecular weight excluding hydrogens is 326 g/mol. The van der Waals surface area contributed by atoms with Crippen LogP contribution >= 0.6 is 0 Å². The second kappa shape index (κ2) is 6.78. The number of nitrogens with one attached hydrogen (secondary N) is 1. The van der Waals surface area contributed by atoms with Gasteiger partial charge in [-0.2, -0.15) is 0 Å². The summed E-state index contributed by atoms with van der Waals surface area (Å²) in [6, 6.07) is 11.4. The van der Waals surface area contributed by atoms with Crippen LogP contribution in [0.5, 0.6) is 0 Å². The maximum Gasteiger partial charge on any atom is 0.238 e. The van der Waals surface area contributed by atoms with Gasteiger partial charge >= 0.3 is 0 Å². The van der Waals surface area contributed by atoms with E-state index in [0.717, 1.165) is 11.4 Å². The molecule has 0 aliphatic carbocycles. The smallest absolute Gasteiger partial charge is 0.238 e. The largest absolute Gasteiger partial charge is 0.325 e. The number of sulfone groups is 1. The predicted molar refractivity (Wildman–Crippen MR) is 94.1 cm³/mol. The molecule has 0 unspecified atom stereocenters. The number of hydrogen-bond acceptors (Lipinski definition) is 4. The minimum absolute atomic E-state index is 0.0769. The lowest BCUT2D eigenvalue weighted by Crippen LogP contribution is -2.38. The number of benzene rings is 1. The van der Waals surface area contributed by atoms with E-state index in [2.05, 4.69) is 5.32 Å². The number of carbonyl (C=O) groups is 1. The van der Waals surface area contributed by atoms with Gasteiger partial charge in [0.2, 0.25) is 5.91 Å². The van der Waals surface area contributed by atoms with Gasteiger partial charge in [-0.1, -0.05) is 6.07 Å². The molecule has 1 aliphatic rings. The molecule has 0 saturated carbocycles. The minimum atomic E-state index is -2.94. The Labute approximate surface area is 142 Å². The highest BCUT2D eigenvalue weighted by Gasteiger charge is 2.31. The van der Waals surface area contributed by atoms with Gasteiger partial charge in [0.25, 0.3) is 0 Å². The van der Waals surface area contributed by atoms with Crippen molar-refractivity contribution in [2.75, 3.05) is 30.4 Å². The predicted octanol–water partition coefficient (Wildman–Crippen LogP) is 1.53. The molecule has 1 aromatic heterocycles. The van der Waals surface area contributed by atoms with Crippen molar-refractivity contribution in [2.24, 2.45) is 0 Å². The van der Waals surface area contributed by atoms with Crippen molar-refractivity contribution < 1.29 is 13.2 Å². The molecular formula is C17H21N3O3S. The molecule has 1 aromatic carbocycles. The van der Waals surface area contributed by atoms with Crippen LogP contribution in [-0.2, 0) is 14.6 Å². The number of hydrogen-bond donors (Lipinski definition) is 1. The molecule has 3 rings (SSSR count). The van der Waals surface area contributed by atoms with E-state index in [1.165, 1.54) is 0 Å². The van der Waals surface area contributed by atoms with E-state index in [-0.39, 0.29) is 30.0 Å². The molecule has 0 spiro atoms. The Balaban J connectivity index is 1.60. The Kier molecular flexibility index (Phi) is 4.73. The van der Waals surface area contributed by atoms with Crippen LogP contribution in [0.25, 0.3) is 5.69 Å². The summed E-state index contributed by atoms with van der Waals surface area (Å²) in [5.41, 5.74) is 1.69. The topological polar surface area (TPSA) is 71.4 Å². The third-order valence-corrected chi connectivity index (χ3v) is 6.01. The first-order chi connectivity index (χ1) is 11.4. The average molecular weight is 347 g/mol. The molecule has 1 aliphatic heterocycles. The van der Waals surface area contributed by atoms with Gasteiger partial charge in [-0.25, -0.2) is 8.42 Å². The first-order valence-electron chi connectivity index (χ1n) is 7.87.